The Morgan fingerprint density at radius 2 is 0.875 bits per heavy atom. The van der Waals surface area contributed by atoms with Crippen molar-refractivity contribution in [3.05, 3.63) is 120 Å². The Morgan fingerprint density at radius 3 is 1.21 bits per heavy atom. The fourth-order valence-corrected chi connectivity index (χ4v) is 2.62. The number of rotatable bonds is 4. The molecule has 0 spiro atoms. The third kappa shape index (κ3) is 3.18. The number of hydrogen-bond donors (Lipinski definition) is 0. The van der Waals surface area contributed by atoms with Crippen molar-refractivity contribution in [1.29, 1.82) is 0 Å². The minimum Gasteiger partial charge on any atom is -0.207 e. The first-order valence-electron chi connectivity index (χ1n) is 7.56. The lowest BCUT2D eigenvalue weighted by molar-refractivity contribution is 0.627. The molecule has 3 aromatic carbocycles. The third-order valence-electron chi connectivity index (χ3n) is 3.96. The molecule has 0 aliphatic carbocycles. The fourth-order valence-electron chi connectivity index (χ4n) is 2.62. The highest BCUT2D eigenvalue weighted by atomic mass is 19.1. The summed E-state index contributed by atoms with van der Waals surface area (Å²) in [6.07, 6.45) is 0. The zero-order valence-corrected chi connectivity index (χ0v) is 13.1. The summed E-state index contributed by atoms with van der Waals surface area (Å²) in [5, 5.41) is 0. The Hall–Kier alpha value is -3.00. The summed E-state index contributed by atoms with van der Waals surface area (Å²) in [5.41, 5.74) is 5.09. The van der Waals surface area contributed by atoms with Crippen LogP contribution in [0.1, 0.15) is 22.3 Å². The van der Waals surface area contributed by atoms with Crippen LogP contribution in [0.4, 0.5) is 8.78 Å². The van der Waals surface area contributed by atoms with Crippen LogP contribution in [0.2, 0.25) is 0 Å². The third-order valence-corrected chi connectivity index (χ3v) is 3.96. The summed E-state index contributed by atoms with van der Waals surface area (Å²) >= 11 is 0. The first-order valence-corrected chi connectivity index (χ1v) is 7.56. The molecule has 118 valence electrons. The Kier molecular flexibility index (Phi) is 4.39. The summed E-state index contributed by atoms with van der Waals surface area (Å²) in [7, 11) is 0. The highest BCUT2D eigenvalue weighted by molar-refractivity contribution is 5.89. The van der Waals surface area contributed by atoms with Gasteiger partial charge in [0.2, 0.25) is 0 Å². The minimum absolute atomic E-state index is 0.282. The lowest BCUT2D eigenvalue weighted by Gasteiger charge is -2.15. The first kappa shape index (κ1) is 15.9. The maximum Gasteiger partial charge on any atom is 0.123 e. The van der Waals surface area contributed by atoms with Crippen LogP contribution in [0, 0.1) is 11.6 Å². The molecular weight excluding hydrogens is 302 g/mol. The topological polar surface area (TPSA) is 0 Å². The van der Waals surface area contributed by atoms with Gasteiger partial charge in [-0.3, -0.25) is 0 Å². The molecule has 3 rings (SSSR count). The molecule has 0 heterocycles. The predicted octanol–water partition coefficient (Wildman–Crippen LogP) is 6.09. The molecule has 24 heavy (non-hydrogen) atoms. The second-order valence-electron chi connectivity index (χ2n) is 5.52. The van der Waals surface area contributed by atoms with Gasteiger partial charge >= 0.3 is 0 Å². The van der Waals surface area contributed by atoms with E-state index in [2.05, 4.69) is 13.2 Å². The summed E-state index contributed by atoms with van der Waals surface area (Å²) in [5.74, 6) is -0.564. The maximum absolute atomic E-state index is 13.1. The van der Waals surface area contributed by atoms with E-state index in [-0.39, 0.29) is 11.6 Å². The van der Waals surface area contributed by atoms with Crippen molar-refractivity contribution in [2.75, 3.05) is 0 Å². The van der Waals surface area contributed by atoms with Crippen LogP contribution >= 0.6 is 0 Å². The van der Waals surface area contributed by atoms with E-state index in [0.29, 0.717) is 0 Å². The normalized spacial score (nSPS) is 10.4. The van der Waals surface area contributed by atoms with Gasteiger partial charge in [-0.05, 0) is 57.7 Å². The van der Waals surface area contributed by atoms with Crippen LogP contribution in [0.3, 0.4) is 0 Å². The molecule has 0 nitrogen and oxygen atoms in total. The van der Waals surface area contributed by atoms with E-state index in [1.54, 1.807) is 24.3 Å². The van der Waals surface area contributed by atoms with Crippen molar-refractivity contribution in [1.82, 2.24) is 0 Å². The summed E-state index contributed by atoms with van der Waals surface area (Å²) in [6, 6.07) is 20.2. The smallest absolute Gasteiger partial charge is 0.123 e. The average molecular weight is 318 g/mol. The molecule has 0 aliphatic heterocycles. The molecule has 0 aromatic heterocycles. The van der Waals surface area contributed by atoms with Gasteiger partial charge in [-0.25, -0.2) is 8.78 Å². The molecule has 0 saturated heterocycles. The maximum atomic E-state index is 13.1. The van der Waals surface area contributed by atoms with Gasteiger partial charge in [0.1, 0.15) is 11.6 Å². The van der Waals surface area contributed by atoms with E-state index < -0.39 is 0 Å². The highest BCUT2D eigenvalue weighted by Crippen LogP contribution is 2.31. The van der Waals surface area contributed by atoms with Crippen molar-refractivity contribution >= 4 is 11.1 Å². The van der Waals surface area contributed by atoms with Crippen LogP contribution in [0.5, 0.6) is 0 Å². The van der Waals surface area contributed by atoms with E-state index in [0.717, 1.165) is 33.4 Å². The van der Waals surface area contributed by atoms with Gasteiger partial charge < -0.3 is 0 Å². The molecular formula is C22H16F2. The van der Waals surface area contributed by atoms with E-state index in [9.17, 15) is 8.78 Å². The second kappa shape index (κ2) is 6.63. The monoisotopic (exact) mass is 318 g/mol. The standard InChI is InChI=1S/C22H16F2/c1-15(17-7-11-19(23)12-8-17)21-5-3-4-6-22(21)16(2)18-9-13-20(24)14-10-18/h3-14H,1-2H2. The molecule has 0 N–H and O–H groups in total. The molecule has 0 aliphatic rings. The van der Waals surface area contributed by atoms with Gasteiger partial charge in [0.25, 0.3) is 0 Å². The highest BCUT2D eigenvalue weighted by Gasteiger charge is 2.11. The van der Waals surface area contributed by atoms with Crippen molar-refractivity contribution in [2.45, 2.75) is 0 Å². The lowest BCUT2D eigenvalue weighted by Crippen LogP contribution is -1.95. The molecule has 3 aromatic rings. The van der Waals surface area contributed by atoms with Crippen molar-refractivity contribution in [2.24, 2.45) is 0 Å². The fraction of sp³-hybridized carbons (Fsp3) is 0. The molecule has 0 saturated carbocycles. The minimum atomic E-state index is -0.282. The predicted molar refractivity (Wildman–Crippen MR) is 95.5 cm³/mol. The Bertz CT molecular complexity index is 812. The second-order valence-corrected chi connectivity index (χ2v) is 5.52. The van der Waals surface area contributed by atoms with E-state index in [1.165, 1.54) is 24.3 Å². The molecule has 0 unspecified atom stereocenters. The van der Waals surface area contributed by atoms with Crippen molar-refractivity contribution in [3.63, 3.8) is 0 Å². The largest absolute Gasteiger partial charge is 0.207 e. The quantitative estimate of drug-likeness (QED) is 0.546. The molecule has 0 bridgehead atoms. The van der Waals surface area contributed by atoms with E-state index in [1.807, 2.05) is 24.3 Å². The molecule has 0 amide bonds. The Morgan fingerprint density at radius 1 is 0.542 bits per heavy atom. The summed E-state index contributed by atoms with van der Waals surface area (Å²) < 4.78 is 26.3. The van der Waals surface area contributed by atoms with Gasteiger partial charge in [-0.2, -0.15) is 0 Å². The molecule has 0 radical (unpaired) electrons. The van der Waals surface area contributed by atoms with Crippen LogP contribution < -0.4 is 0 Å². The lowest BCUT2D eigenvalue weighted by atomic mass is 9.89. The Labute approximate surface area is 140 Å². The van der Waals surface area contributed by atoms with Gasteiger partial charge in [0.15, 0.2) is 0 Å². The number of benzene rings is 3. The van der Waals surface area contributed by atoms with Gasteiger partial charge in [0.05, 0.1) is 0 Å². The van der Waals surface area contributed by atoms with Crippen molar-refractivity contribution in [3.8, 4) is 0 Å². The average Bonchev–Trinajstić information content (AvgIpc) is 2.62. The number of hydrogen-bond acceptors (Lipinski definition) is 0. The zero-order valence-electron chi connectivity index (χ0n) is 13.1. The number of halogens is 2. The zero-order chi connectivity index (χ0) is 17.1. The summed E-state index contributed by atoms with van der Waals surface area (Å²) in [6.45, 7) is 8.30. The molecule has 0 atom stereocenters. The van der Waals surface area contributed by atoms with E-state index >= 15 is 0 Å². The SMILES string of the molecule is C=C(c1ccc(F)cc1)c1ccccc1C(=C)c1ccc(F)cc1. The Balaban J connectivity index is 2.01. The molecule has 0 fully saturated rings. The van der Waals surface area contributed by atoms with E-state index in [4.69, 9.17) is 0 Å². The van der Waals surface area contributed by atoms with Crippen LogP contribution in [0.15, 0.2) is 86.0 Å². The van der Waals surface area contributed by atoms with Crippen LogP contribution in [0.25, 0.3) is 11.1 Å². The van der Waals surface area contributed by atoms with Gasteiger partial charge in [-0.15, -0.1) is 0 Å². The van der Waals surface area contributed by atoms with Crippen LogP contribution in [-0.4, -0.2) is 0 Å². The van der Waals surface area contributed by atoms with Crippen LogP contribution in [-0.2, 0) is 0 Å². The summed E-state index contributed by atoms with van der Waals surface area (Å²) in [4.78, 5) is 0. The molecule has 2 heteroatoms. The van der Waals surface area contributed by atoms with Crippen molar-refractivity contribution < 1.29 is 8.78 Å². The van der Waals surface area contributed by atoms with Gasteiger partial charge in [-0.1, -0.05) is 61.7 Å². The first-order chi connectivity index (χ1) is 11.6. The van der Waals surface area contributed by atoms with Gasteiger partial charge in [0, 0.05) is 0 Å².